The van der Waals surface area contributed by atoms with E-state index in [0.29, 0.717) is 17.9 Å². The van der Waals surface area contributed by atoms with Crippen LogP contribution in [0.3, 0.4) is 0 Å². The van der Waals surface area contributed by atoms with E-state index in [4.69, 9.17) is 16.3 Å². The first-order chi connectivity index (χ1) is 15.3. The van der Waals surface area contributed by atoms with Crippen molar-refractivity contribution in [3.05, 3.63) is 63.5 Å². The van der Waals surface area contributed by atoms with Crippen LogP contribution >= 0.6 is 23.4 Å². The number of imide groups is 1. The number of thioether (sulfide) groups is 1. The number of carbonyl (C=O) groups is 4. The predicted octanol–water partition coefficient (Wildman–Crippen LogP) is 4.20. The van der Waals surface area contributed by atoms with Crippen molar-refractivity contribution in [1.82, 2.24) is 4.90 Å². The van der Waals surface area contributed by atoms with Gasteiger partial charge in [-0.1, -0.05) is 23.7 Å². The normalized spacial score (nSPS) is 14.6. The van der Waals surface area contributed by atoms with Crippen LogP contribution in [0.5, 0.6) is 5.75 Å². The summed E-state index contributed by atoms with van der Waals surface area (Å²) in [6, 6.07) is 11.4. The van der Waals surface area contributed by atoms with Gasteiger partial charge in [-0.05, 0) is 60.7 Å². The molecule has 2 aromatic rings. The van der Waals surface area contributed by atoms with E-state index in [1.807, 2.05) is 6.92 Å². The lowest BCUT2D eigenvalue weighted by molar-refractivity contribution is -0.127. The summed E-state index contributed by atoms with van der Waals surface area (Å²) in [5, 5.41) is 2.16. The highest BCUT2D eigenvalue weighted by Crippen LogP contribution is 2.32. The van der Waals surface area contributed by atoms with Crippen molar-refractivity contribution in [2.24, 2.45) is 0 Å². The summed E-state index contributed by atoms with van der Waals surface area (Å²) < 4.78 is 10.1. The maximum absolute atomic E-state index is 12.7. The van der Waals surface area contributed by atoms with Crippen LogP contribution in [-0.2, 0) is 14.3 Å². The Morgan fingerprint density at radius 1 is 1.19 bits per heavy atom. The van der Waals surface area contributed by atoms with Gasteiger partial charge in [0.2, 0.25) is 5.91 Å². The zero-order valence-electron chi connectivity index (χ0n) is 17.2. The van der Waals surface area contributed by atoms with Crippen molar-refractivity contribution in [1.29, 1.82) is 0 Å². The number of halogens is 1. The number of benzene rings is 2. The Labute approximate surface area is 193 Å². The Balaban J connectivity index is 1.70. The first-order valence-corrected chi connectivity index (χ1v) is 10.7. The van der Waals surface area contributed by atoms with Gasteiger partial charge in [0, 0.05) is 5.69 Å². The van der Waals surface area contributed by atoms with Crippen molar-refractivity contribution in [3.8, 4) is 5.75 Å². The molecule has 166 valence electrons. The number of hydrogen-bond donors (Lipinski definition) is 1. The summed E-state index contributed by atoms with van der Waals surface area (Å²) in [7, 11) is 1.21. The minimum Gasteiger partial charge on any atom is -0.494 e. The highest BCUT2D eigenvalue weighted by atomic mass is 35.5. The SMILES string of the molecule is CCOc1cccc(/C=C2\SC(=O)N(CC(=O)Nc3ccc(Cl)c(C(=O)OC)c3)C2=O)c1. The highest BCUT2D eigenvalue weighted by molar-refractivity contribution is 8.18. The van der Waals surface area contributed by atoms with Crippen molar-refractivity contribution in [3.63, 3.8) is 0 Å². The number of amides is 3. The number of ether oxygens (including phenoxy) is 2. The molecule has 1 aliphatic heterocycles. The van der Waals surface area contributed by atoms with Gasteiger partial charge in [0.05, 0.1) is 29.2 Å². The van der Waals surface area contributed by atoms with E-state index in [2.05, 4.69) is 10.1 Å². The van der Waals surface area contributed by atoms with Crippen molar-refractivity contribution in [2.75, 3.05) is 25.6 Å². The quantitative estimate of drug-likeness (QED) is 0.474. The van der Waals surface area contributed by atoms with E-state index in [0.717, 1.165) is 16.7 Å². The molecule has 3 amide bonds. The lowest BCUT2D eigenvalue weighted by atomic mass is 10.2. The van der Waals surface area contributed by atoms with E-state index in [-0.39, 0.29) is 21.2 Å². The summed E-state index contributed by atoms with van der Waals surface area (Å²) in [5.74, 6) is -1.18. The molecule has 0 atom stereocenters. The van der Waals surface area contributed by atoms with Crippen LogP contribution in [0.1, 0.15) is 22.8 Å². The average Bonchev–Trinajstić information content (AvgIpc) is 3.02. The van der Waals surface area contributed by atoms with Crippen molar-refractivity contribution < 1.29 is 28.7 Å². The van der Waals surface area contributed by atoms with E-state index < -0.39 is 29.6 Å². The second kappa shape index (κ2) is 10.3. The molecular weight excluding hydrogens is 456 g/mol. The lowest BCUT2D eigenvalue weighted by Gasteiger charge is -2.13. The first kappa shape index (κ1) is 23.4. The molecule has 1 N–H and O–H groups in total. The Kier molecular flexibility index (Phi) is 7.55. The van der Waals surface area contributed by atoms with Crippen LogP contribution in [0.15, 0.2) is 47.4 Å². The Morgan fingerprint density at radius 3 is 2.69 bits per heavy atom. The molecule has 0 aliphatic carbocycles. The van der Waals surface area contributed by atoms with Crippen LogP contribution < -0.4 is 10.1 Å². The highest BCUT2D eigenvalue weighted by Gasteiger charge is 2.36. The molecule has 0 unspecified atom stereocenters. The summed E-state index contributed by atoms with van der Waals surface area (Å²) in [6.45, 7) is 1.89. The fourth-order valence-electron chi connectivity index (χ4n) is 2.86. The number of nitrogens with zero attached hydrogens (tertiary/aromatic N) is 1. The van der Waals surface area contributed by atoms with Gasteiger partial charge in [0.1, 0.15) is 12.3 Å². The van der Waals surface area contributed by atoms with Gasteiger partial charge in [-0.3, -0.25) is 19.3 Å². The number of carbonyl (C=O) groups excluding carboxylic acids is 4. The molecular formula is C22H19ClN2O6S. The van der Waals surface area contributed by atoms with Crippen molar-refractivity contribution >= 4 is 58.1 Å². The second-order valence-corrected chi connectivity index (χ2v) is 7.91. The third-order valence-electron chi connectivity index (χ3n) is 4.30. The topological polar surface area (TPSA) is 102 Å². The minimum absolute atomic E-state index is 0.0790. The zero-order valence-corrected chi connectivity index (χ0v) is 18.8. The van der Waals surface area contributed by atoms with Crippen LogP contribution in [0.2, 0.25) is 5.02 Å². The van der Waals surface area contributed by atoms with Gasteiger partial charge in [-0.25, -0.2) is 4.79 Å². The molecule has 32 heavy (non-hydrogen) atoms. The predicted molar refractivity (Wildman–Crippen MR) is 122 cm³/mol. The molecule has 1 fully saturated rings. The Hall–Kier alpha value is -3.30. The molecule has 1 aliphatic rings. The lowest BCUT2D eigenvalue weighted by Crippen LogP contribution is -2.36. The van der Waals surface area contributed by atoms with E-state index in [1.54, 1.807) is 30.3 Å². The molecule has 8 nitrogen and oxygen atoms in total. The summed E-state index contributed by atoms with van der Waals surface area (Å²) in [5.41, 5.74) is 1.05. The van der Waals surface area contributed by atoms with Crippen LogP contribution in [-0.4, -0.2) is 48.2 Å². The third kappa shape index (κ3) is 5.49. The van der Waals surface area contributed by atoms with Crippen LogP contribution in [0.4, 0.5) is 10.5 Å². The molecule has 2 aromatic carbocycles. The van der Waals surface area contributed by atoms with Crippen LogP contribution in [0.25, 0.3) is 6.08 Å². The minimum atomic E-state index is -0.657. The maximum atomic E-state index is 12.7. The molecule has 0 aromatic heterocycles. The average molecular weight is 475 g/mol. The fourth-order valence-corrected chi connectivity index (χ4v) is 3.89. The van der Waals surface area contributed by atoms with Gasteiger partial charge in [-0.2, -0.15) is 0 Å². The number of hydrogen-bond acceptors (Lipinski definition) is 7. The van der Waals surface area contributed by atoms with Gasteiger partial charge in [0.15, 0.2) is 0 Å². The number of anilines is 1. The summed E-state index contributed by atoms with van der Waals surface area (Å²) in [6.07, 6.45) is 1.58. The number of methoxy groups -OCH3 is 1. The zero-order chi connectivity index (χ0) is 23.3. The molecule has 10 heteroatoms. The molecule has 1 heterocycles. The number of nitrogens with one attached hydrogen (secondary N) is 1. The Bertz CT molecular complexity index is 1120. The molecule has 0 saturated carbocycles. The number of rotatable bonds is 7. The summed E-state index contributed by atoms with van der Waals surface area (Å²) in [4.78, 5) is 50.2. The van der Waals surface area contributed by atoms with Gasteiger partial charge < -0.3 is 14.8 Å². The smallest absolute Gasteiger partial charge is 0.339 e. The monoisotopic (exact) mass is 474 g/mol. The van der Waals surface area contributed by atoms with E-state index in [9.17, 15) is 19.2 Å². The number of esters is 1. The van der Waals surface area contributed by atoms with Gasteiger partial charge in [0.25, 0.3) is 11.1 Å². The molecule has 3 rings (SSSR count). The fraction of sp³-hybridized carbons (Fsp3) is 0.182. The van der Waals surface area contributed by atoms with E-state index in [1.165, 1.54) is 25.3 Å². The first-order valence-electron chi connectivity index (χ1n) is 9.48. The molecule has 1 saturated heterocycles. The standard InChI is InChI=1S/C22H19ClN2O6S/c1-3-31-15-6-4-5-13(9-15)10-18-20(27)25(22(29)32-18)12-19(26)24-14-7-8-17(23)16(11-14)21(28)30-2/h4-11H,3,12H2,1-2H3,(H,24,26)/b18-10-. The molecule has 0 radical (unpaired) electrons. The van der Waals surface area contributed by atoms with Crippen molar-refractivity contribution in [2.45, 2.75) is 6.92 Å². The van der Waals surface area contributed by atoms with Gasteiger partial charge in [-0.15, -0.1) is 0 Å². The largest absolute Gasteiger partial charge is 0.494 e. The Morgan fingerprint density at radius 2 is 1.97 bits per heavy atom. The third-order valence-corrected chi connectivity index (χ3v) is 5.53. The van der Waals surface area contributed by atoms with Gasteiger partial charge >= 0.3 is 5.97 Å². The molecule has 0 bridgehead atoms. The van der Waals surface area contributed by atoms with E-state index >= 15 is 0 Å². The second-order valence-electron chi connectivity index (χ2n) is 6.51. The molecule has 0 spiro atoms. The summed E-state index contributed by atoms with van der Waals surface area (Å²) >= 11 is 6.72. The maximum Gasteiger partial charge on any atom is 0.339 e. The van der Waals surface area contributed by atoms with Crippen LogP contribution in [0, 0.1) is 0 Å².